The average molecular weight is 359 g/mol. The summed E-state index contributed by atoms with van der Waals surface area (Å²) < 4.78 is 0. The maximum absolute atomic E-state index is 13.0. The van der Waals surface area contributed by atoms with Gasteiger partial charge in [0.15, 0.2) is 5.60 Å². The summed E-state index contributed by atoms with van der Waals surface area (Å²) in [6, 6.07) is 8.53. The lowest BCUT2D eigenvalue weighted by atomic mass is 9.90. The molecule has 0 bridgehead atoms. The molecule has 2 saturated heterocycles. The van der Waals surface area contributed by atoms with Crippen LogP contribution < -0.4 is 0 Å². The highest BCUT2D eigenvalue weighted by molar-refractivity contribution is 5.86. The normalized spacial score (nSPS) is 25.5. The number of nitrogens with zero attached hydrogens (tertiary/aromatic N) is 2. The smallest absolute Gasteiger partial charge is 0.256 e. The third-order valence-electron chi connectivity index (χ3n) is 5.91. The van der Waals surface area contributed by atoms with E-state index in [-0.39, 0.29) is 5.91 Å². The zero-order valence-electron chi connectivity index (χ0n) is 16.4. The highest BCUT2D eigenvalue weighted by Gasteiger charge is 2.43. The van der Waals surface area contributed by atoms with E-state index in [4.69, 9.17) is 0 Å². The Kier molecular flexibility index (Phi) is 6.36. The molecule has 2 heterocycles. The Morgan fingerprint density at radius 2 is 1.65 bits per heavy atom. The van der Waals surface area contributed by atoms with E-state index in [1.165, 1.54) is 31.2 Å². The molecule has 1 aromatic rings. The number of amides is 1. The SMILES string of the molecule is CC(C)c1ccc(CN2CCC[C@](O)(CN3CCCCCC3)C2=O)cc1. The first-order chi connectivity index (χ1) is 12.5. The Balaban J connectivity index is 1.64. The molecule has 0 saturated carbocycles. The number of rotatable bonds is 5. The third-order valence-corrected chi connectivity index (χ3v) is 5.91. The van der Waals surface area contributed by atoms with Gasteiger partial charge in [0.1, 0.15) is 0 Å². The molecule has 1 N–H and O–H groups in total. The lowest BCUT2D eigenvalue weighted by molar-refractivity contribution is -0.160. The average Bonchev–Trinajstić information content (AvgIpc) is 2.88. The van der Waals surface area contributed by atoms with E-state index < -0.39 is 5.60 Å². The second kappa shape index (κ2) is 8.53. The minimum atomic E-state index is -1.21. The van der Waals surface area contributed by atoms with Crippen LogP contribution in [0.3, 0.4) is 0 Å². The Bertz CT molecular complexity index is 591. The summed E-state index contributed by atoms with van der Waals surface area (Å²) in [6.07, 6.45) is 6.35. The van der Waals surface area contributed by atoms with Crippen molar-refractivity contribution >= 4 is 5.91 Å². The molecule has 4 nitrogen and oxygen atoms in total. The quantitative estimate of drug-likeness (QED) is 0.875. The first kappa shape index (κ1) is 19.4. The Morgan fingerprint density at radius 3 is 2.27 bits per heavy atom. The van der Waals surface area contributed by atoms with E-state index >= 15 is 0 Å². The fourth-order valence-electron chi connectivity index (χ4n) is 4.26. The molecule has 2 aliphatic heterocycles. The van der Waals surface area contributed by atoms with Gasteiger partial charge < -0.3 is 10.0 Å². The van der Waals surface area contributed by atoms with Gasteiger partial charge in [0.05, 0.1) is 0 Å². The van der Waals surface area contributed by atoms with Gasteiger partial charge in [-0.05, 0) is 55.8 Å². The van der Waals surface area contributed by atoms with Crippen LogP contribution in [0.5, 0.6) is 0 Å². The first-order valence-electron chi connectivity index (χ1n) is 10.3. The molecule has 3 rings (SSSR count). The first-order valence-corrected chi connectivity index (χ1v) is 10.3. The van der Waals surface area contributed by atoms with Crippen molar-refractivity contribution in [2.75, 3.05) is 26.2 Å². The van der Waals surface area contributed by atoms with Gasteiger partial charge in [-0.2, -0.15) is 0 Å². The molecule has 4 heteroatoms. The molecule has 0 aromatic heterocycles. The predicted molar refractivity (Wildman–Crippen MR) is 105 cm³/mol. The van der Waals surface area contributed by atoms with Crippen molar-refractivity contribution in [3.63, 3.8) is 0 Å². The van der Waals surface area contributed by atoms with E-state index in [1.807, 2.05) is 4.90 Å². The van der Waals surface area contributed by atoms with Crippen LogP contribution in [0.1, 0.15) is 69.4 Å². The largest absolute Gasteiger partial charge is 0.379 e. The van der Waals surface area contributed by atoms with Gasteiger partial charge in [-0.3, -0.25) is 9.69 Å². The number of hydrogen-bond donors (Lipinski definition) is 1. The number of benzene rings is 1. The van der Waals surface area contributed by atoms with Crippen molar-refractivity contribution < 1.29 is 9.90 Å². The van der Waals surface area contributed by atoms with Gasteiger partial charge in [0, 0.05) is 19.6 Å². The number of likely N-dealkylation sites (tertiary alicyclic amines) is 2. The molecule has 1 amide bonds. The molecule has 0 radical (unpaired) electrons. The summed E-state index contributed by atoms with van der Waals surface area (Å²) >= 11 is 0. The predicted octanol–water partition coefficient (Wildman–Crippen LogP) is 3.54. The number of carbonyl (C=O) groups excluding carboxylic acids is 1. The summed E-state index contributed by atoms with van der Waals surface area (Å²) in [6.45, 7) is 8.22. The van der Waals surface area contributed by atoms with Crippen molar-refractivity contribution in [3.05, 3.63) is 35.4 Å². The van der Waals surface area contributed by atoms with Crippen molar-refractivity contribution in [1.29, 1.82) is 0 Å². The van der Waals surface area contributed by atoms with Gasteiger partial charge in [-0.1, -0.05) is 51.0 Å². The van der Waals surface area contributed by atoms with Gasteiger partial charge in [0.2, 0.25) is 0 Å². The van der Waals surface area contributed by atoms with Gasteiger partial charge >= 0.3 is 0 Å². The molecule has 2 fully saturated rings. The Hall–Kier alpha value is -1.39. The van der Waals surface area contributed by atoms with Crippen molar-refractivity contribution in [2.45, 2.75) is 70.4 Å². The number of aliphatic hydroxyl groups is 1. The second-order valence-electron chi connectivity index (χ2n) is 8.45. The maximum atomic E-state index is 13.0. The molecule has 1 aromatic carbocycles. The molecule has 0 spiro atoms. The van der Waals surface area contributed by atoms with Gasteiger partial charge in [0.25, 0.3) is 5.91 Å². The van der Waals surface area contributed by atoms with E-state index in [0.29, 0.717) is 25.4 Å². The third kappa shape index (κ3) is 4.66. The highest BCUT2D eigenvalue weighted by atomic mass is 16.3. The number of hydrogen-bond acceptors (Lipinski definition) is 3. The number of β-amino-alcohol motifs (C(OH)–C–C–N with tert-alkyl or cyclic N) is 1. The van der Waals surface area contributed by atoms with Crippen molar-refractivity contribution in [3.8, 4) is 0 Å². The number of carbonyl (C=O) groups is 1. The summed E-state index contributed by atoms with van der Waals surface area (Å²) in [5.74, 6) is 0.431. The van der Waals surface area contributed by atoms with Crippen LogP contribution in [0.25, 0.3) is 0 Å². The van der Waals surface area contributed by atoms with E-state index in [9.17, 15) is 9.90 Å². The minimum absolute atomic E-state index is 0.0825. The zero-order valence-corrected chi connectivity index (χ0v) is 16.4. The highest BCUT2D eigenvalue weighted by Crippen LogP contribution is 2.26. The molecule has 0 unspecified atom stereocenters. The molecule has 0 aliphatic carbocycles. The van der Waals surface area contributed by atoms with Crippen LogP contribution in [0.15, 0.2) is 24.3 Å². The molecular formula is C22H34N2O2. The van der Waals surface area contributed by atoms with Gasteiger partial charge in [-0.15, -0.1) is 0 Å². The van der Waals surface area contributed by atoms with Crippen LogP contribution >= 0.6 is 0 Å². The molecule has 1 atom stereocenters. The van der Waals surface area contributed by atoms with E-state index in [0.717, 1.165) is 31.6 Å². The molecule has 26 heavy (non-hydrogen) atoms. The minimum Gasteiger partial charge on any atom is -0.379 e. The monoisotopic (exact) mass is 358 g/mol. The van der Waals surface area contributed by atoms with Crippen LogP contribution in [0.2, 0.25) is 0 Å². The fraction of sp³-hybridized carbons (Fsp3) is 0.682. The molecule has 2 aliphatic rings. The maximum Gasteiger partial charge on any atom is 0.256 e. The van der Waals surface area contributed by atoms with E-state index in [1.54, 1.807) is 0 Å². The second-order valence-corrected chi connectivity index (χ2v) is 8.45. The lowest BCUT2D eigenvalue weighted by Crippen LogP contribution is -2.58. The summed E-state index contributed by atoms with van der Waals surface area (Å²) in [7, 11) is 0. The standard InChI is InChI=1S/C22H34N2O2/c1-18(2)20-10-8-19(9-11-20)16-24-15-7-12-22(26,21(24)25)17-23-13-5-3-4-6-14-23/h8-11,18,26H,3-7,12-17H2,1-2H3/t22-/m0/s1. The van der Waals surface area contributed by atoms with Crippen LogP contribution in [-0.2, 0) is 11.3 Å². The summed E-state index contributed by atoms with van der Waals surface area (Å²) in [5.41, 5.74) is 1.25. The van der Waals surface area contributed by atoms with Crippen molar-refractivity contribution in [1.82, 2.24) is 9.80 Å². The van der Waals surface area contributed by atoms with Crippen molar-refractivity contribution in [2.24, 2.45) is 0 Å². The zero-order chi connectivity index (χ0) is 18.6. The lowest BCUT2D eigenvalue weighted by Gasteiger charge is -2.40. The summed E-state index contributed by atoms with van der Waals surface area (Å²) in [5, 5.41) is 11.1. The Morgan fingerprint density at radius 1 is 1.00 bits per heavy atom. The summed E-state index contributed by atoms with van der Waals surface area (Å²) in [4.78, 5) is 17.2. The molecular weight excluding hydrogens is 324 g/mol. The van der Waals surface area contributed by atoms with Crippen LogP contribution in [0, 0.1) is 0 Å². The van der Waals surface area contributed by atoms with Crippen LogP contribution in [0.4, 0.5) is 0 Å². The topological polar surface area (TPSA) is 43.8 Å². The molecule has 144 valence electrons. The van der Waals surface area contributed by atoms with Gasteiger partial charge in [-0.25, -0.2) is 0 Å². The fourth-order valence-corrected chi connectivity index (χ4v) is 4.26. The number of piperidine rings is 1. The van der Waals surface area contributed by atoms with Crippen LogP contribution in [-0.4, -0.2) is 52.6 Å². The Labute approximate surface area is 158 Å². The van der Waals surface area contributed by atoms with E-state index in [2.05, 4.69) is 43.0 Å².